The third-order valence-corrected chi connectivity index (χ3v) is 8.49. The van der Waals surface area contributed by atoms with Crippen LogP contribution >= 0.6 is 23.1 Å². The Bertz CT molecular complexity index is 1260. The highest BCUT2D eigenvalue weighted by Crippen LogP contribution is 2.35. The number of nitrogens with zero attached hydrogens (tertiary/aromatic N) is 3. The third kappa shape index (κ3) is 4.48. The zero-order valence-electron chi connectivity index (χ0n) is 19.7. The Morgan fingerprint density at radius 1 is 1.18 bits per heavy atom. The number of hydrogen-bond acceptors (Lipinski definition) is 7. The monoisotopic (exact) mass is 499 g/mol. The summed E-state index contributed by atoms with van der Waals surface area (Å²) in [5, 5.41) is 1.28. The summed E-state index contributed by atoms with van der Waals surface area (Å²) in [7, 11) is 1.62. The van der Waals surface area contributed by atoms with E-state index in [1.165, 1.54) is 16.6 Å². The number of thioether (sulfide) groups is 1. The first kappa shape index (κ1) is 23.4. The maximum absolute atomic E-state index is 13.8. The third-order valence-electron chi connectivity index (χ3n) is 6.39. The van der Waals surface area contributed by atoms with Crippen molar-refractivity contribution in [2.75, 3.05) is 26.0 Å². The van der Waals surface area contributed by atoms with Crippen molar-refractivity contribution in [2.45, 2.75) is 56.9 Å². The molecule has 0 saturated carbocycles. The Labute approximate surface area is 207 Å². The summed E-state index contributed by atoms with van der Waals surface area (Å²) < 4.78 is 12.7. The van der Waals surface area contributed by atoms with Crippen LogP contribution in [0.25, 0.3) is 15.9 Å². The normalized spacial score (nSPS) is 20.4. The topological polar surface area (TPSA) is 73.7 Å². The lowest BCUT2D eigenvalue weighted by Crippen LogP contribution is -2.48. The van der Waals surface area contributed by atoms with Crippen LogP contribution in [0.2, 0.25) is 0 Å². The summed E-state index contributed by atoms with van der Waals surface area (Å²) in [5.74, 6) is 0.977. The second-order valence-corrected chi connectivity index (χ2v) is 11.0. The van der Waals surface area contributed by atoms with Gasteiger partial charge < -0.3 is 14.4 Å². The molecule has 1 aromatic carbocycles. The zero-order chi connectivity index (χ0) is 23.8. The molecule has 0 unspecified atom stereocenters. The van der Waals surface area contributed by atoms with E-state index in [4.69, 9.17) is 14.5 Å². The lowest BCUT2D eigenvalue weighted by molar-refractivity contribution is -0.140. The minimum absolute atomic E-state index is 0.0158. The fraction of sp³-hybridized carbons (Fsp3) is 0.480. The molecule has 0 radical (unpaired) electrons. The van der Waals surface area contributed by atoms with E-state index in [0.717, 1.165) is 52.9 Å². The number of thiophene rings is 1. The molecule has 5 rings (SSSR count). The van der Waals surface area contributed by atoms with Crippen LogP contribution in [0, 0.1) is 0 Å². The molecular formula is C25H29N3O4S2. The number of carbonyl (C=O) groups excluding carboxylic acids is 1. The molecule has 9 heteroatoms. The molecule has 1 amide bonds. The van der Waals surface area contributed by atoms with E-state index in [1.807, 2.05) is 43.0 Å². The zero-order valence-corrected chi connectivity index (χ0v) is 21.3. The Balaban J connectivity index is 1.53. The van der Waals surface area contributed by atoms with Crippen LogP contribution in [0.15, 0.2) is 34.2 Å². The summed E-state index contributed by atoms with van der Waals surface area (Å²) in [6.45, 7) is 5.13. The molecule has 7 nitrogen and oxygen atoms in total. The first-order valence-corrected chi connectivity index (χ1v) is 13.5. The lowest BCUT2D eigenvalue weighted by atomic mass is 9.97. The summed E-state index contributed by atoms with van der Waals surface area (Å²) in [4.78, 5) is 35.7. The quantitative estimate of drug-likeness (QED) is 0.389. The van der Waals surface area contributed by atoms with E-state index >= 15 is 0 Å². The van der Waals surface area contributed by atoms with Crippen molar-refractivity contribution in [3.05, 3.63) is 45.1 Å². The van der Waals surface area contributed by atoms with Gasteiger partial charge in [0, 0.05) is 18.0 Å². The number of aryl methyl sites for hydroxylation is 2. The van der Waals surface area contributed by atoms with Gasteiger partial charge in [-0.05, 0) is 69.4 Å². The van der Waals surface area contributed by atoms with Gasteiger partial charge in [-0.1, -0.05) is 11.8 Å². The van der Waals surface area contributed by atoms with Gasteiger partial charge in [0.15, 0.2) is 5.16 Å². The molecule has 1 fully saturated rings. The molecule has 0 bridgehead atoms. The number of methoxy groups -OCH3 is 1. The lowest BCUT2D eigenvalue weighted by Gasteiger charge is -2.35. The SMILES string of the molecule is COc1ccc(-n2c(SCC(=O)N3C[C@H](C)O[C@@H](C)C3)nc3sc4c(c3c2=O)CCCC4)cc1. The van der Waals surface area contributed by atoms with Crippen LogP contribution in [0.5, 0.6) is 5.75 Å². The van der Waals surface area contributed by atoms with Crippen molar-refractivity contribution >= 4 is 39.2 Å². The van der Waals surface area contributed by atoms with Crippen molar-refractivity contribution in [3.63, 3.8) is 0 Å². The van der Waals surface area contributed by atoms with E-state index in [9.17, 15) is 9.59 Å². The maximum atomic E-state index is 13.8. The average molecular weight is 500 g/mol. The van der Waals surface area contributed by atoms with Gasteiger partial charge in [0.1, 0.15) is 10.6 Å². The number of amides is 1. The van der Waals surface area contributed by atoms with Crippen molar-refractivity contribution in [3.8, 4) is 11.4 Å². The molecule has 2 aliphatic rings. The number of aromatic nitrogens is 2. The predicted molar refractivity (Wildman–Crippen MR) is 136 cm³/mol. The number of benzene rings is 1. The Morgan fingerprint density at radius 3 is 2.59 bits per heavy atom. The van der Waals surface area contributed by atoms with Crippen molar-refractivity contribution in [1.82, 2.24) is 14.5 Å². The number of morpholine rings is 1. The highest BCUT2D eigenvalue weighted by atomic mass is 32.2. The van der Waals surface area contributed by atoms with Gasteiger partial charge in [0.2, 0.25) is 5.91 Å². The summed E-state index contributed by atoms with van der Waals surface area (Å²) in [6.07, 6.45) is 4.21. The van der Waals surface area contributed by atoms with Gasteiger partial charge in [-0.3, -0.25) is 14.2 Å². The fourth-order valence-corrected chi connectivity index (χ4v) is 7.06. The Kier molecular flexibility index (Phi) is 6.68. The van der Waals surface area contributed by atoms with Crippen LogP contribution in [0.1, 0.15) is 37.1 Å². The summed E-state index contributed by atoms with van der Waals surface area (Å²) in [6, 6.07) is 7.41. The summed E-state index contributed by atoms with van der Waals surface area (Å²) in [5.41, 5.74) is 1.83. The number of ether oxygens (including phenoxy) is 2. The standard InChI is InChI=1S/C25H29N3O4S2/c1-15-12-27(13-16(2)32-15)21(29)14-33-25-26-23-22(19-6-4-5-7-20(19)34-23)24(30)28(25)17-8-10-18(31-3)11-9-17/h8-11,15-16H,4-7,12-14H2,1-3H3/t15-,16-/m0/s1. The number of hydrogen-bond donors (Lipinski definition) is 0. The second-order valence-electron chi connectivity index (χ2n) is 8.97. The molecule has 3 heterocycles. The van der Waals surface area contributed by atoms with Crippen molar-refractivity contribution < 1.29 is 14.3 Å². The van der Waals surface area contributed by atoms with Crippen molar-refractivity contribution in [2.24, 2.45) is 0 Å². The van der Waals surface area contributed by atoms with E-state index in [-0.39, 0.29) is 29.4 Å². The first-order valence-electron chi connectivity index (χ1n) is 11.7. The van der Waals surface area contributed by atoms with Crippen LogP contribution in [-0.4, -0.2) is 58.5 Å². The van der Waals surface area contributed by atoms with Crippen LogP contribution in [-0.2, 0) is 22.4 Å². The fourth-order valence-electron chi connectivity index (χ4n) is 4.84. The molecule has 34 heavy (non-hydrogen) atoms. The maximum Gasteiger partial charge on any atom is 0.267 e. The number of fused-ring (bicyclic) bond motifs is 3. The molecule has 0 spiro atoms. The Hall–Kier alpha value is -2.36. The molecule has 180 valence electrons. The van der Waals surface area contributed by atoms with Gasteiger partial charge in [-0.2, -0.15) is 0 Å². The molecule has 3 aromatic rings. The molecule has 1 aliphatic heterocycles. The van der Waals surface area contributed by atoms with Crippen molar-refractivity contribution in [1.29, 1.82) is 0 Å². The average Bonchev–Trinajstić information content (AvgIpc) is 3.21. The Morgan fingerprint density at radius 2 is 1.88 bits per heavy atom. The van der Waals surface area contributed by atoms with Gasteiger partial charge in [0.25, 0.3) is 5.56 Å². The molecular weight excluding hydrogens is 470 g/mol. The minimum atomic E-state index is -0.0573. The first-order chi connectivity index (χ1) is 16.4. The van der Waals surface area contributed by atoms with E-state index in [1.54, 1.807) is 23.0 Å². The minimum Gasteiger partial charge on any atom is -0.497 e. The van der Waals surface area contributed by atoms with E-state index < -0.39 is 0 Å². The van der Waals surface area contributed by atoms with Crippen LogP contribution < -0.4 is 10.3 Å². The highest BCUT2D eigenvalue weighted by Gasteiger charge is 2.27. The largest absolute Gasteiger partial charge is 0.497 e. The molecule has 0 N–H and O–H groups in total. The molecule has 1 saturated heterocycles. The van der Waals surface area contributed by atoms with E-state index in [2.05, 4.69) is 0 Å². The molecule has 2 aromatic heterocycles. The van der Waals surface area contributed by atoms with Gasteiger partial charge in [-0.15, -0.1) is 11.3 Å². The highest BCUT2D eigenvalue weighted by molar-refractivity contribution is 7.99. The van der Waals surface area contributed by atoms with Crippen LogP contribution in [0.4, 0.5) is 0 Å². The van der Waals surface area contributed by atoms with Gasteiger partial charge in [-0.25, -0.2) is 4.98 Å². The number of carbonyl (C=O) groups is 1. The molecule has 2 atom stereocenters. The van der Waals surface area contributed by atoms with Gasteiger partial charge >= 0.3 is 0 Å². The molecule has 1 aliphatic carbocycles. The second kappa shape index (κ2) is 9.71. The summed E-state index contributed by atoms with van der Waals surface area (Å²) >= 11 is 2.96. The number of rotatable bonds is 5. The smallest absolute Gasteiger partial charge is 0.267 e. The van der Waals surface area contributed by atoms with E-state index in [0.29, 0.717) is 18.2 Å². The van der Waals surface area contributed by atoms with Gasteiger partial charge in [0.05, 0.1) is 36.1 Å². The van der Waals surface area contributed by atoms with Crippen LogP contribution in [0.3, 0.4) is 0 Å². The predicted octanol–water partition coefficient (Wildman–Crippen LogP) is 4.06.